The maximum atomic E-state index is 3.76. The van der Waals surface area contributed by atoms with Crippen molar-refractivity contribution in [2.24, 2.45) is 7.05 Å². The van der Waals surface area contributed by atoms with Crippen LogP contribution in [-0.2, 0) is 13.6 Å². The van der Waals surface area contributed by atoms with Gasteiger partial charge >= 0.3 is 0 Å². The molecule has 1 aromatic heterocycles. The summed E-state index contributed by atoms with van der Waals surface area (Å²) in [4.78, 5) is 1.27. The molecule has 0 radical (unpaired) electrons. The molecule has 1 heterocycles. The van der Waals surface area contributed by atoms with E-state index in [0.717, 1.165) is 12.3 Å². The Hall–Kier alpha value is -1.61. The molecule has 2 aromatic rings. The summed E-state index contributed by atoms with van der Waals surface area (Å²) in [5, 5.41) is 3.49. The van der Waals surface area contributed by atoms with Gasteiger partial charge in [-0.05, 0) is 24.3 Å². The third-order valence-corrected chi connectivity index (χ3v) is 3.82. The Morgan fingerprint density at radius 2 is 2.11 bits per heavy atom. The van der Waals surface area contributed by atoms with E-state index in [4.69, 9.17) is 0 Å². The zero-order valence-electron chi connectivity index (χ0n) is 10.6. The van der Waals surface area contributed by atoms with E-state index < -0.39 is 0 Å². The topological polar surface area (TPSA) is 17.0 Å². The lowest BCUT2D eigenvalue weighted by molar-refractivity contribution is 0.841. The predicted molar refractivity (Wildman–Crippen MR) is 80.1 cm³/mol. The maximum absolute atomic E-state index is 3.76. The average Bonchev–Trinajstić information content (AvgIpc) is 2.80. The van der Waals surface area contributed by atoms with E-state index in [1.54, 1.807) is 11.8 Å². The second-order valence-corrected chi connectivity index (χ2v) is 5.12. The lowest BCUT2D eigenvalue weighted by Crippen LogP contribution is -2.04. The molecule has 94 valence electrons. The van der Waals surface area contributed by atoms with E-state index in [9.17, 15) is 0 Å². The quantitative estimate of drug-likeness (QED) is 0.625. The third-order valence-electron chi connectivity index (χ3n) is 2.76. The predicted octanol–water partition coefficient (Wildman–Crippen LogP) is 3.92. The van der Waals surface area contributed by atoms with Crippen LogP contribution in [0.15, 0.2) is 60.1 Å². The van der Waals surface area contributed by atoms with Crippen LogP contribution in [0, 0.1) is 0 Å². The minimum atomic E-state index is 0.842. The van der Waals surface area contributed by atoms with Crippen LogP contribution in [0.3, 0.4) is 0 Å². The summed E-state index contributed by atoms with van der Waals surface area (Å²) < 4.78 is 2.13. The summed E-state index contributed by atoms with van der Waals surface area (Å²) in [7, 11) is 2.06. The first-order valence-electron chi connectivity index (χ1n) is 5.98. The van der Waals surface area contributed by atoms with Gasteiger partial charge < -0.3 is 9.88 Å². The molecule has 0 unspecified atom stereocenters. The highest BCUT2D eigenvalue weighted by atomic mass is 32.2. The van der Waals surface area contributed by atoms with E-state index >= 15 is 0 Å². The van der Waals surface area contributed by atoms with Crippen molar-refractivity contribution in [3.05, 3.63) is 60.9 Å². The summed E-state index contributed by atoms with van der Waals surface area (Å²) in [6, 6.07) is 12.6. The molecule has 0 aliphatic heterocycles. The minimum absolute atomic E-state index is 0.842. The average molecular weight is 258 g/mol. The van der Waals surface area contributed by atoms with E-state index in [-0.39, 0.29) is 0 Å². The number of nitrogens with zero attached hydrogens (tertiary/aromatic N) is 1. The molecular weight excluding hydrogens is 240 g/mol. The highest BCUT2D eigenvalue weighted by molar-refractivity contribution is 7.99. The number of aromatic nitrogens is 1. The maximum Gasteiger partial charge on any atom is 0.0553 e. The van der Waals surface area contributed by atoms with Crippen LogP contribution in [0.1, 0.15) is 5.69 Å². The first-order chi connectivity index (χ1) is 8.81. The Morgan fingerprint density at radius 1 is 1.28 bits per heavy atom. The lowest BCUT2D eigenvalue weighted by atomic mass is 10.3. The van der Waals surface area contributed by atoms with Crippen molar-refractivity contribution in [1.29, 1.82) is 0 Å². The second-order valence-electron chi connectivity index (χ2n) is 4.06. The van der Waals surface area contributed by atoms with Crippen molar-refractivity contribution in [3.63, 3.8) is 0 Å². The summed E-state index contributed by atoms with van der Waals surface area (Å²) in [5.41, 5.74) is 2.46. The van der Waals surface area contributed by atoms with Crippen molar-refractivity contribution >= 4 is 17.4 Å². The monoisotopic (exact) mass is 258 g/mol. The molecule has 0 fully saturated rings. The number of anilines is 1. The number of thioether (sulfide) groups is 1. The Labute approximate surface area is 113 Å². The number of hydrogen-bond acceptors (Lipinski definition) is 2. The summed E-state index contributed by atoms with van der Waals surface area (Å²) in [5.74, 6) is 0.933. The van der Waals surface area contributed by atoms with Crippen molar-refractivity contribution in [2.45, 2.75) is 11.4 Å². The molecule has 1 aromatic carbocycles. The number of rotatable bonds is 6. The zero-order valence-corrected chi connectivity index (χ0v) is 11.4. The van der Waals surface area contributed by atoms with Crippen LogP contribution < -0.4 is 5.32 Å². The fraction of sp³-hybridized carbons (Fsp3) is 0.200. The first kappa shape index (κ1) is 12.8. The molecule has 2 nitrogen and oxygen atoms in total. The SMILES string of the molecule is C=CCSc1ccccc1NCc1cccn1C. The van der Waals surface area contributed by atoms with Gasteiger partial charge in [-0.2, -0.15) is 0 Å². The van der Waals surface area contributed by atoms with Crippen LogP contribution in [0.2, 0.25) is 0 Å². The molecule has 2 rings (SSSR count). The van der Waals surface area contributed by atoms with Crippen LogP contribution in [0.5, 0.6) is 0 Å². The third kappa shape index (κ3) is 3.20. The van der Waals surface area contributed by atoms with Crippen LogP contribution in [0.4, 0.5) is 5.69 Å². The minimum Gasteiger partial charge on any atom is -0.379 e. The molecule has 0 spiro atoms. The van der Waals surface area contributed by atoms with Crippen molar-refractivity contribution < 1.29 is 0 Å². The molecule has 18 heavy (non-hydrogen) atoms. The number of para-hydroxylation sites is 1. The normalized spacial score (nSPS) is 10.3. The van der Waals surface area contributed by atoms with Gasteiger partial charge in [0, 0.05) is 35.3 Å². The van der Waals surface area contributed by atoms with E-state index in [1.807, 2.05) is 6.08 Å². The Balaban J connectivity index is 2.04. The zero-order chi connectivity index (χ0) is 12.8. The molecule has 0 atom stereocenters. The molecule has 0 saturated carbocycles. The van der Waals surface area contributed by atoms with Crippen molar-refractivity contribution in [3.8, 4) is 0 Å². The van der Waals surface area contributed by atoms with Crippen LogP contribution >= 0.6 is 11.8 Å². The summed E-state index contributed by atoms with van der Waals surface area (Å²) in [6.45, 7) is 4.60. The van der Waals surface area contributed by atoms with Crippen molar-refractivity contribution in [2.75, 3.05) is 11.1 Å². The fourth-order valence-electron chi connectivity index (χ4n) is 1.75. The first-order valence-corrected chi connectivity index (χ1v) is 6.96. The fourth-order valence-corrected chi connectivity index (χ4v) is 2.52. The number of aryl methyl sites for hydroxylation is 1. The Bertz CT molecular complexity index is 517. The van der Waals surface area contributed by atoms with Gasteiger partial charge in [-0.3, -0.25) is 0 Å². The summed E-state index contributed by atoms with van der Waals surface area (Å²) >= 11 is 1.80. The van der Waals surface area contributed by atoms with Gasteiger partial charge in [-0.1, -0.05) is 18.2 Å². The molecule has 0 amide bonds. The van der Waals surface area contributed by atoms with Gasteiger partial charge in [0.2, 0.25) is 0 Å². The van der Waals surface area contributed by atoms with Crippen LogP contribution in [0.25, 0.3) is 0 Å². The molecule has 0 bridgehead atoms. The molecule has 3 heteroatoms. The largest absolute Gasteiger partial charge is 0.379 e. The molecule has 0 aliphatic carbocycles. The Morgan fingerprint density at radius 3 is 2.83 bits per heavy atom. The van der Waals surface area contributed by atoms with E-state index in [2.05, 4.69) is 66.1 Å². The van der Waals surface area contributed by atoms with Crippen LogP contribution in [-0.4, -0.2) is 10.3 Å². The number of nitrogens with one attached hydrogen (secondary N) is 1. The van der Waals surface area contributed by atoms with Gasteiger partial charge in [0.25, 0.3) is 0 Å². The molecule has 0 saturated heterocycles. The number of hydrogen-bond donors (Lipinski definition) is 1. The highest BCUT2D eigenvalue weighted by Gasteiger charge is 2.02. The molecule has 1 N–H and O–H groups in total. The second kappa shape index (κ2) is 6.36. The van der Waals surface area contributed by atoms with Gasteiger partial charge in [0.05, 0.1) is 6.54 Å². The summed E-state index contributed by atoms with van der Waals surface area (Å²) in [6.07, 6.45) is 3.99. The van der Waals surface area contributed by atoms with E-state index in [0.29, 0.717) is 0 Å². The number of benzene rings is 1. The van der Waals surface area contributed by atoms with Gasteiger partial charge in [-0.15, -0.1) is 18.3 Å². The molecule has 0 aliphatic rings. The van der Waals surface area contributed by atoms with Gasteiger partial charge in [0.1, 0.15) is 0 Å². The highest BCUT2D eigenvalue weighted by Crippen LogP contribution is 2.27. The molecular formula is C15H18N2S. The van der Waals surface area contributed by atoms with E-state index in [1.165, 1.54) is 16.3 Å². The Kier molecular flexibility index (Phi) is 4.53. The van der Waals surface area contributed by atoms with Gasteiger partial charge in [0.15, 0.2) is 0 Å². The van der Waals surface area contributed by atoms with Crippen molar-refractivity contribution in [1.82, 2.24) is 4.57 Å². The standard InChI is InChI=1S/C15H18N2S/c1-3-11-18-15-9-5-4-8-14(15)16-12-13-7-6-10-17(13)2/h3-10,16H,1,11-12H2,2H3. The smallest absolute Gasteiger partial charge is 0.0553 e. The lowest BCUT2D eigenvalue weighted by Gasteiger charge is -2.11. The van der Waals surface area contributed by atoms with Gasteiger partial charge in [-0.25, -0.2) is 0 Å².